The third-order valence-corrected chi connectivity index (χ3v) is 9.16. The molecule has 40 heavy (non-hydrogen) atoms. The van der Waals surface area contributed by atoms with E-state index < -0.39 is 10.1 Å². The third-order valence-electron chi connectivity index (χ3n) is 7.87. The Bertz CT molecular complexity index is 1590. The van der Waals surface area contributed by atoms with Crippen LogP contribution in [0.1, 0.15) is 43.7 Å². The molecule has 1 aliphatic carbocycles. The molecule has 0 bridgehead atoms. The van der Waals surface area contributed by atoms with Gasteiger partial charge >= 0.3 is 0 Å². The van der Waals surface area contributed by atoms with E-state index in [-0.39, 0.29) is 29.6 Å². The van der Waals surface area contributed by atoms with Gasteiger partial charge in [0.1, 0.15) is 30.1 Å². The summed E-state index contributed by atoms with van der Waals surface area (Å²) >= 11 is 0. The van der Waals surface area contributed by atoms with Crippen molar-refractivity contribution in [1.82, 2.24) is 14.5 Å². The van der Waals surface area contributed by atoms with E-state index in [0.717, 1.165) is 65.8 Å². The molecule has 2 aliphatic rings. The fourth-order valence-corrected chi connectivity index (χ4v) is 6.49. The van der Waals surface area contributed by atoms with Gasteiger partial charge in [0.05, 0.1) is 23.0 Å². The Morgan fingerprint density at radius 2 is 1.90 bits per heavy atom. The van der Waals surface area contributed by atoms with Crippen LogP contribution < -0.4 is 10.5 Å². The molecule has 6 rings (SSSR count). The summed E-state index contributed by atoms with van der Waals surface area (Å²) in [6, 6.07) is 14.8. The number of ether oxygens (including phenoxy) is 2. The predicted molar refractivity (Wildman–Crippen MR) is 153 cm³/mol. The monoisotopic (exact) mass is 562 g/mol. The van der Waals surface area contributed by atoms with Crippen molar-refractivity contribution >= 4 is 27.0 Å². The lowest BCUT2D eigenvalue weighted by molar-refractivity contribution is -0.0110. The van der Waals surface area contributed by atoms with E-state index in [1.54, 1.807) is 24.3 Å². The van der Waals surface area contributed by atoms with Gasteiger partial charge in [0.15, 0.2) is 0 Å². The van der Waals surface area contributed by atoms with Gasteiger partial charge in [0.2, 0.25) is 0 Å². The first-order valence-electron chi connectivity index (χ1n) is 13.8. The third kappa shape index (κ3) is 5.56. The SMILES string of the molecule is Cc1ccc(S(=O)(=O)OCC2CC(n3cc(-c4cccc(OCC5CCCCO5)c4)c4c(N)ncnc43)C2)cc1. The van der Waals surface area contributed by atoms with Crippen molar-refractivity contribution in [3.8, 4) is 16.9 Å². The molecule has 4 aromatic rings. The Labute approximate surface area is 234 Å². The number of nitrogen functional groups attached to an aromatic ring is 1. The number of aromatic nitrogens is 3. The first-order valence-corrected chi connectivity index (χ1v) is 15.2. The molecule has 2 fully saturated rings. The molecule has 10 heteroatoms. The van der Waals surface area contributed by atoms with Crippen LogP contribution in [0.4, 0.5) is 5.82 Å². The fraction of sp³-hybridized carbons (Fsp3) is 0.400. The summed E-state index contributed by atoms with van der Waals surface area (Å²) in [6.45, 7) is 3.39. The summed E-state index contributed by atoms with van der Waals surface area (Å²) in [4.78, 5) is 9.00. The van der Waals surface area contributed by atoms with E-state index in [4.69, 9.17) is 19.4 Å². The van der Waals surface area contributed by atoms with E-state index in [2.05, 4.69) is 20.7 Å². The average Bonchev–Trinajstić information content (AvgIpc) is 3.33. The van der Waals surface area contributed by atoms with Crippen LogP contribution in [0.15, 0.2) is 66.0 Å². The normalized spacial score (nSPS) is 21.3. The molecule has 0 radical (unpaired) electrons. The van der Waals surface area contributed by atoms with Gasteiger partial charge in [-0.05, 0) is 74.8 Å². The minimum Gasteiger partial charge on any atom is -0.491 e. The van der Waals surface area contributed by atoms with Gasteiger partial charge < -0.3 is 19.8 Å². The minimum absolute atomic E-state index is 0.129. The minimum atomic E-state index is -3.78. The van der Waals surface area contributed by atoms with Crippen molar-refractivity contribution in [3.05, 3.63) is 66.6 Å². The van der Waals surface area contributed by atoms with Crippen LogP contribution in [-0.2, 0) is 19.0 Å². The molecule has 0 spiro atoms. The van der Waals surface area contributed by atoms with Crippen molar-refractivity contribution in [2.45, 2.75) is 56.1 Å². The lowest BCUT2D eigenvalue weighted by Gasteiger charge is -2.36. The molecule has 3 heterocycles. The Kier molecular flexibility index (Phi) is 7.48. The molecular formula is C30H34N4O5S. The largest absolute Gasteiger partial charge is 0.491 e. The number of anilines is 1. The van der Waals surface area contributed by atoms with E-state index in [1.165, 1.54) is 12.7 Å². The Morgan fingerprint density at radius 3 is 2.67 bits per heavy atom. The van der Waals surface area contributed by atoms with E-state index in [0.29, 0.717) is 12.4 Å². The first-order chi connectivity index (χ1) is 19.4. The van der Waals surface area contributed by atoms with Gasteiger partial charge in [-0.2, -0.15) is 8.42 Å². The van der Waals surface area contributed by atoms with Gasteiger partial charge in [-0.15, -0.1) is 0 Å². The van der Waals surface area contributed by atoms with Crippen LogP contribution in [0.2, 0.25) is 0 Å². The summed E-state index contributed by atoms with van der Waals surface area (Å²) in [5.41, 5.74) is 10.0. The topological polar surface area (TPSA) is 119 Å². The van der Waals surface area contributed by atoms with Gasteiger partial charge in [0, 0.05) is 24.4 Å². The van der Waals surface area contributed by atoms with Crippen LogP contribution >= 0.6 is 0 Å². The number of nitrogens with two attached hydrogens (primary N) is 1. The molecule has 1 aliphatic heterocycles. The van der Waals surface area contributed by atoms with Crippen molar-refractivity contribution in [1.29, 1.82) is 0 Å². The molecule has 2 aromatic heterocycles. The smallest absolute Gasteiger partial charge is 0.296 e. The average molecular weight is 563 g/mol. The number of hydrogen-bond acceptors (Lipinski definition) is 8. The molecule has 1 unspecified atom stereocenters. The molecule has 1 saturated heterocycles. The summed E-state index contributed by atoms with van der Waals surface area (Å²) in [5.74, 6) is 1.33. The van der Waals surface area contributed by atoms with Gasteiger partial charge in [-0.1, -0.05) is 29.8 Å². The second-order valence-electron chi connectivity index (χ2n) is 10.8. The van der Waals surface area contributed by atoms with E-state index >= 15 is 0 Å². The van der Waals surface area contributed by atoms with Crippen molar-refractivity contribution in [2.75, 3.05) is 25.6 Å². The Hall–Kier alpha value is -3.47. The molecule has 2 aromatic carbocycles. The molecule has 210 valence electrons. The molecule has 2 N–H and O–H groups in total. The molecule has 0 amide bonds. The van der Waals surface area contributed by atoms with Gasteiger partial charge in [-0.3, -0.25) is 4.18 Å². The fourth-order valence-electron chi connectivity index (χ4n) is 5.51. The van der Waals surface area contributed by atoms with Crippen molar-refractivity contribution in [3.63, 3.8) is 0 Å². The Morgan fingerprint density at radius 1 is 1.07 bits per heavy atom. The van der Waals surface area contributed by atoms with Crippen molar-refractivity contribution in [2.24, 2.45) is 5.92 Å². The molecule has 9 nitrogen and oxygen atoms in total. The number of fused-ring (bicyclic) bond motifs is 1. The maximum Gasteiger partial charge on any atom is 0.296 e. The van der Waals surface area contributed by atoms with Crippen molar-refractivity contribution < 1.29 is 22.1 Å². The number of benzene rings is 2. The lowest BCUT2D eigenvalue weighted by Crippen LogP contribution is -2.30. The second-order valence-corrected chi connectivity index (χ2v) is 12.4. The van der Waals surface area contributed by atoms with Crippen LogP contribution in [-0.4, -0.2) is 48.9 Å². The summed E-state index contributed by atoms with van der Waals surface area (Å²) in [7, 11) is -3.78. The van der Waals surface area contributed by atoms with E-state index in [1.807, 2.05) is 31.2 Å². The maximum absolute atomic E-state index is 12.6. The standard InChI is InChI=1S/C30H34N4O5S/c1-20-8-10-26(11-9-20)40(35,36)39-17-21-13-23(14-21)34-16-27(28-29(31)32-19-33-30(28)34)22-5-4-7-24(15-22)38-18-25-6-2-3-12-37-25/h4-5,7-11,15-16,19,21,23,25H,2-3,6,12-14,17-18H2,1H3,(H2,31,32,33). The summed E-state index contributed by atoms with van der Waals surface area (Å²) < 4.78 is 44.6. The molecule has 1 saturated carbocycles. The lowest BCUT2D eigenvalue weighted by atomic mass is 9.81. The quantitative estimate of drug-likeness (QED) is 0.273. The zero-order valence-electron chi connectivity index (χ0n) is 22.5. The summed E-state index contributed by atoms with van der Waals surface area (Å²) in [5, 5.41) is 0.803. The number of rotatable bonds is 9. The van der Waals surface area contributed by atoms with Crippen LogP contribution in [0.3, 0.4) is 0 Å². The van der Waals surface area contributed by atoms with Crippen LogP contribution in [0.5, 0.6) is 5.75 Å². The summed E-state index contributed by atoms with van der Waals surface area (Å²) in [6.07, 6.45) is 8.54. The highest BCUT2D eigenvalue weighted by atomic mass is 32.2. The zero-order chi connectivity index (χ0) is 27.7. The first kappa shape index (κ1) is 26.7. The Balaban J connectivity index is 1.16. The van der Waals surface area contributed by atoms with E-state index in [9.17, 15) is 8.42 Å². The van der Waals surface area contributed by atoms with Gasteiger partial charge in [-0.25, -0.2) is 9.97 Å². The maximum atomic E-state index is 12.6. The van der Waals surface area contributed by atoms with Crippen LogP contribution in [0.25, 0.3) is 22.2 Å². The highest BCUT2D eigenvalue weighted by Crippen LogP contribution is 2.43. The zero-order valence-corrected chi connectivity index (χ0v) is 23.3. The number of hydrogen-bond donors (Lipinski definition) is 1. The van der Waals surface area contributed by atoms with Crippen LogP contribution in [0, 0.1) is 12.8 Å². The highest BCUT2D eigenvalue weighted by Gasteiger charge is 2.34. The highest BCUT2D eigenvalue weighted by molar-refractivity contribution is 7.86. The predicted octanol–water partition coefficient (Wildman–Crippen LogP) is 5.29. The molecular weight excluding hydrogens is 528 g/mol. The molecule has 1 atom stereocenters. The number of nitrogens with zero attached hydrogens (tertiary/aromatic N) is 3. The second kappa shape index (κ2) is 11.2. The number of aryl methyl sites for hydroxylation is 1. The van der Waals surface area contributed by atoms with Gasteiger partial charge in [0.25, 0.3) is 10.1 Å².